The number of nitrogens with zero attached hydrogens (tertiary/aromatic N) is 2. The Morgan fingerprint density at radius 2 is 1.85 bits per heavy atom. The lowest BCUT2D eigenvalue weighted by Crippen LogP contribution is -2.25. The van der Waals surface area contributed by atoms with Crippen LogP contribution in [0.25, 0.3) is 11.3 Å². The molecule has 0 fully saturated rings. The van der Waals surface area contributed by atoms with E-state index in [9.17, 15) is 14.4 Å². The topological polar surface area (TPSA) is 131 Å². The molecule has 2 aromatic heterocycles. The first-order valence-electron chi connectivity index (χ1n) is 7.79. The van der Waals surface area contributed by atoms with E-state index < -0.39 is 17.4 Å². The van der Waals surface area contributed by atoms with Gasteiger partial charge in [0.15, 0.2) is 0 Å². The minimum absolute atomic E-state index is 0.134. The van der Waals surface area contributed by atoms with Gasteiger partial charge in [0.05, 0.1) is 16.9 Å². The molecule has 0 radical (unpaired) electrons. The second kappa shape index (κ2) is 8.08. The lowest BCUT2D eigenvalue weighted by atomic mass is 10.1. The van der Waals surface area contributed by atoms with E-state index in [1.807, 2.05) is 0 Å². The summed E-state index contributed by atoms with van der Waals surface area (Å²) >= 11 is 2.16. The molecule has 3 rings (SSSR count). The van der Waals surface area contributed by atoms with E-state index in [4.69, 9.17) is 5.73 Å². The van der Waals surface area contributed by atoms with E-state index in [0.29, 0.717) is 15.7 Å². The summed E-state index contributed by atoms with van der Waals surface area (Å²) in [4.78, 5) is 40.3. The second-order valence-corrected chi connectivity index (χ2v) is 6.33. The van der Waals surface area contributed by atoms with Gasteiger partial charge >= 0.3 is 0 Å². The molecular formula is C18H14IN5O3. The van der Waals surface area contributed by atoms with Crippen LogP contribution in [0.5, 0.6) is 0 Å². The molecule has 4 N–H and O–H groups in total. The van der Waals surface area contributed by atoms with E-state index in [2.05, 4.69) is 43.1 Å². The number of alkyl halides is 1. The fourth-order valence-electron chi connectivity index (χ4n) is 2.42. The number of aromatic nitrogens is 3. The number of aromatic amines is 1. The third kappa shape index (κ3) is 4.19. The predicted octanol–water partition coefficient (Wildman–Crippen LogP) is 2.12. The molecule has 2 heterocycles. The average molecular weight is 475 g/mol. The highest BCUT2D eigenvalue weighted by Gasteiger charge is 2.17. The average Bonchev–Trinajstić information content (AvgIpc) is 2.69. The number of pyridine rings is 1. The van der Waals surface area contributed by atoms with Gasteiger partial charge in [-0.1, -0.05) is 28.7 Å². The summed E-state index contributed by atoms with van der Waals surface area (Å²) in [5.41, 5.74) is 7.05. The molecule has 0 bridgehead atoms. The molecule has 0 aliphatic rings. The Morgan fingerprint density at radius 3 is 2.52 bits per heavy atom. The Balaban J connectivity index is 1.96. The van der Waals surface area contributed by atoms with Gasteiger partial charge in [-0.25, -0.2) is 5.10 Å². The van der Waals surface area contributed by atoms with Crippen LogP contribution >= 0.6 is 22.6 Å². The van der Waals surface area contributed by atoms with Gasteiger partial charge in [0.2, 0.25) is 0 Å². The van der Waals surface area contributed by atoms with Gasteiger partial charge < -0.3 is 11.1 Å². The Kier molecular flexibility index (Phi) is 5.60. The summed E-state index contributed by atoms with van der Waals surface area (Å²) in [7, 11) is 0. The highest BCUT2D eigenvalue weighted by Crippen LogP contribution is 2.20. The lowest BCUT2D eigenvalue weighted by molar-refractivity contribution is 0.100. The number of halogens is 1. The SMILES string of the molecule is NC(=O)c1cc(CI)ccc1NC(=O)c1cc(-c2ccncc2)n[nH]c1=O. The monoisotopic (exact) mass is 475 g/mol. The molecular weight excluding hydrogens is 461 g/mol. The van der Waals surface area contributed by atoms with Crippen molar-refractivity contribution in [2.75, 3.05) is 5.32 Å². The van der Waals surface area contributed by atoms with Gasteiger partial charge in [-0.3, -0.25) is 19.4 Å². The van der Waals surface area contributed by atoms with Gasteiger partial charge in [-0.05, 0) is 35.9 Å². The molecule has 2 amide bonds. The number of carbonyl (C=O) groups excluding carboxylic acids is 2. The van der Waals surface area contributed by atoms with Gasteiger partial charge in [0, 0.05) is 22.4 Å². The van der Waals surface area contributed by atoms with Gasteiger partial charge in [0.25, 0.3) is 17.4 Å². The Morgan fingerprint density at radius 1 is 1.11 bits per heavy atom. The number of H-pyrrole nitrogens is 1. The Hall–Kier alpha value is -3.08. The normalized spacial score (nSPS) is 10.4. The second-order valence-electron chi connectivity index (χ2n) is 5.56. The van der Waals surface area contributed by atoms with Gasteiger partial charge in [-0.15, -0.1) is 0 Å². The van der Waals surface area contributed by atoms with Crippen molar-refractivity contribution < 1.29 is 9.59 Å². The maximum absolute atomic E-state index is 12.6. The molecule has 136 valence electrons. The van der Waals surface area contributed by atoms with Crippen LogP contribution in [0.3, 0.4) is 0 Å². The zero-order valence-corrected chi connectivity index (χ0v) is 16.1. The van der Waals surface area contributed by atoms with E-state index in [1.165, 1.54) is 6.07 Å². The molecule has 8 nitrogen and oxygen atoms in total. The quantitative estimate of drug-likeness (QED) is 0.385. The van der Waals surface area contributed by atoms with Crippen LogP contribution in [0.2, 0.25) is 0 Å². The summed E-state index contributed by atoms with van der Waals surface area (Å²) in [5.74, 6) is -1.34. The number of rotatable bonds is 5. The van der Waals surface area contributed by atoms with E-state index in [0.717, 1.165) is 5.56 Å². The third-order valence-corrected chi connectivity index (χ3v) is 4.66. The van der Waals surface area contributed by atoms with Gasteiger partial charge in [0.1, 0.15) is 5.56 Å². The molecule has 0 aliphatic heterocycles. The Labute approximate surface area is 167 Å². The molecule has 1 aromatic carbocycles. The van der Waals surface area contributed by atoms with Crippen LogP contribution in [0.1, 0.15) is 26.3 Å². The smallest absolute Gasteiger partial charge is 0.277 e. The van der Waals surface area contributed by atoms with E-state index in [1.54, 1.807) is 42.7 Å². The van der Waals surface area contributed by atoms with Crippen molar-refractivity contribution in [1.29, 1.82) is 0 Å². The number of benzene rings is 1. The largest absolute Gasteiger partial charge is 0.366 e. The number of carbonyl (C=O) groups is 2. The number of anilines is 1. The summed E-state index contributed by atoms with van der Waals surface area (Å²) in [6.07, 6.45) is 3.16. The summed E-state index contributed by atoms with van der Waals surface area (Å²) in [6.45, 7) is 0. The van der Waals surface area contributed by atoms with Crippen LogP contribution in [-0.4, -0.2) is 27.0 Å². The van der Waals surface area contributed by atoms with Crippen molar-refractivity contribution in [1.82, 2.24) is 15.2 Å². The maximum Gasteiger partial charge on any atom is 0.277 e. The van der Waals surface area contributed by atoms with Crippen molar-refractivity contribution >= 4 is 40.1 Å². The minimum atomic E-state index is -0.668. The van der Waals surface area contributed by atoms with Crippen molar-refractivity contribution in [2.45, 2.75) is 4.43 Å². The predicted molar refractivity (Wildman–Crippen MR) is 109 cm³/mol. The standard InChI is InChI=1S/C18H14IN5O3/c19-9-10-1-2-14(12(7-10)16(20)25)22-17(26)13-8-15(23-24-18(13)27)11-3-5-21-6-4-11/h1-8H,9H2,(H2,20,25)(H,22,26)(H,24,27). The number of hydrogen-bond donors (Lipinski definition) is 3. The number of hydrogen-bond acceptors (Lipinski definition) is 5. The molecule has 3 aromatic rings. The molecule has 0 unspecified atom stereocenters. The molecule has 9 heteroatoms. The minimum Gasteiger partial charge on any atom is -0.366 e. The van der Waals surface area contributed by atoms with Crippen LogP contribution in [0, 0.1) is 0 Å². The van der Waals surface area contributed by atoms with Crippen LogP contribution in [0.4, 0.5) is 5.69 Å². The molecule has 0 spiro atoms. The van der Waals surface area contributed by atoms with Crippen molar-refractivity contribution in [3.8, 4) is 11.3 Å². The van der Waals surface area contributed by atoms with E-state index in [-0.39, 0.29) is 16.8 Å². The molecule has 0 aliphatic carbocycles. The summed E-state index contributed by atoms with van der Waals surface area (Å²) in [6, 6.07) is 9.77. The fraction of sp³-hybridized carbons (Fsp3) is 0.0556. The van der Waals surface area contributed by atoms with Crippen LogP contribution in [-0.2, 0) is 4.43 Å². The number of primary amides is 1. The lowest BCUT2D eigenvalue weighted by Gasteiger charge is -2.10. The zero-order chi connectivity index (χ0) is 19.4. The number of nitrogens with one attached hydrogen (secondary N) is 2. The molecule has 0 saturated heterocycles. The van der Waals surface area contributed by atoms with Crippen molar-refractivity contribution in [3.05, 3.63) is 75.8 Å². The first kappa shape index (κ1) is 18.7. The highest BCUT2D eigenvalue weighted by molar-refractivity contribution is 14.1. The molecule has 27 heavy (non-hydrogen) atoms. The van der Waals surface area contributed by atoms with Crippen molar-refractivity contribution in [3.63, 3.8) is 0 Å². The fourth-order valence-corrected chi connectivity index (χ4v) is 2.90. The van der Waals surface area contributed by atoms with Crippen LogP contribution < -0.4 is 16.6 Å². The Bertz CT molecular complexity index is 1070. The first-order valence-corrected chi connectivity index (χ1v) is 9.32. The van der Waals surface area contributed by atoms with Crippen molar-refractivity contribution in [2.24, 2.45) is 5.73 Å². The highest BCUT2D eigenvalue weighted by atomic mass is 127. The maximum atomic E-state index is 12.6. The molecule has 0 atom stereocenters. The van der Waals surface area contributed by atoms with Gasteiger partial charge in [-0.2, -0.15) is 5.10 Å². The number of nitrogens with two attached hydrogens (primary N) is 1. The third-order valence-electron chi connectivity index (χ3n) is 3.78. The zero-order valence-electron chi connectivity index (χ0n) is 13.9. The van der Waals surface area contributed by atoms with Crippen LogP contribution in [0.15, 0.2) is 53.6 Å². The van der Waals surface area contributed by atoms with E-state index >= 15 is 0 Å². The number of amides is 2. The summed E-state index contributed by atoms with van der Waals surface area (Å²) < 4.78 is 0.686. The molecule has 0 saturated carbocycles. The first-order chi connectivity index (χ1) is 13.0. The summed E-state index contributed by atoms with van der Waals surface area (Å²) in [5, 5.41) is 8.83.